The van der Waals surface area contributed by atoms with Crippen molar-refractivity contribution in [3.63, 3.8) is 0 Å². The molecule has 1 amide bonds. The number of amides is 1. The van der Waals surface area contributed by atoms with Crippen LogP contribution in [0.3, 0.4) is 0 Å². The van der Waals surface area contributed by atoms with Gasteiger partial charge < -0.3 is 11.1 Å². The molecule has 2 aromatic rings. The third kappa shape index (κ3) is 3.70. The van der Waals surface area contributed by atoms with Crippen LogP contribution in [0.25, 0.3) is 0 Å². The van der Waals surface area contributed by atoms with Crippen molar-refractivity contribution < 1.29 is 4.79 Å². The SMILES string of the molecule is Cc1cc(C(=O)NC(C)(C)c2nccs2)sc1C#CCN. The smallest absolute Gasteiger partial charge is 0.262 e. The van der Waals surface area contributed by atoms with Crippen molar-refractivity contribution in [2.45, 2.75) is 26.3 Å². The number of hydrogen-bond donors (Lipinski definition) is 2. The minimum Gasteiger partial charge on any atom is -0.340 e. The van der Waals surface area contributed by atoms with Gasteiger partial charge in [-0.2, -0.15) is 0 Å². The Labute approximate surface area is 132 Å². The third-order valence-corrected chi connectivity index (χ3v) is 5.09. The molecule has 4 nitrogen and oxygen atoms in total. The highest BCUT2D eigenvalue weighted by Gasteiger charge is 2.26. The summed E-state index contributed by atoms with van der Waals surface area (Å²) in [6.07, 6.45) is 1.74. The van der Waals surface area contributed by atoms with Gasteiger partial charge in [-0.15, -0.1) is 22.7 Å². The van der Waals surface area contributed by atoms with Crippen LogP contribution in [0.5, 0.6) is 0 Å². The maximum absolute atomic E-state index is 12.4. The van der Waals surface area contributed by atoms with Gasteiger partial charge in [0.15, 0.2) is 0 Å². The third-order valence-electron chi connectivity index (χ3n) is 2.84. The summed E-state index contributed by atoms with van der Waals surface area (Å²) in [4.78, 5) is 18.2. The highest BCUT2D eigenvalue weighted by atomic mass is 32.1. The highest BCUT2D eigenvalue weighted by molar-refractivity contribution is 7.14. The van der Waals surface area contributed by atoms with Gasteiger partial charge in [-0.3, -0.25) is 4.79 Å². The van der Waals surface area contributed by atoms with Gasteiger partial charge in [-0.1, -0.05) is 11.8 Å². The lowest BCUT2D eigenvalue weighted by atomic mass is 10.1. The molecule has 0 bridgehead atoms. The zero-order chi connectivity index (χ0) is 15.5. The minimum atomic E-state index is -0.494. The molecule has 21 heavy (non-hydrogen) atoms. The predicted octanol–water partition coefficient (Wildman–Crippen LogP) is 2.49. The van der Waals surface area contributed by atoms with Crippen LogP contribution in [-0.2, 0) is 5.54 Å². The molecule has 0 aliphatic heterocycles. The quantitative estimate of drug-likeness (QED) is 0.854. The summed E-state index contributed by atoms with van der Waals surface area (Å²) in [6, 6.07) is 1.86. The van der Waals surface area contributed by atoms with Crippen molar-refractivity contribution in [1.29, 1.82) is 0 Å². The van der Waals surface area contributed by atoms with Crippen LogP contribution in [-0.4, -0.2) is 17.4 Å². The summed E-state index contributed by atoms with van der Waals surface area (Å²) in [5.41, 5.74) is 5.88. The zero-order valence-electron chi connectivity index (χ0n) is 12.2. The van der Waals surface area contributed by atoms with Gasteiger partial charge in [-0.25, -0.2) is 4.98 Å². The molecule has 0 aromatic carbocycles. The van der Waals surface area contributed by atoms with E-state index in [0.717, 1.165) is 15.4 Å². The van der Waals surface area contributed by atoms with Gasteiger partial charge >= 0.3 is 0 Å². The molecule has 2 heterocycles. The molecule has 2 rings (SSSR count). The second kappa shape index (κ2) is 6.39. The Hall–Kier alpha value is -1.68. The fraction of sp³-hybridized carbons (Fsp3) is 0.333. The maximum atomic E-state index is 12.4. The number of hydrogen-bond acceptors (Lipinski definition) is 5. The fourth-order valence-electron chi connectivity index (χ4n) is 1.78. The molecular weight excluding hydrogens is 302 g/mol. The topological polar surface area (TPSA) is 68.0 Å². The van der Waals surface area contributed by atoms with Crippen molar-refractivity contribution in [3.8, 4) is 11.8 Å². The van der Waals surface area contributed by atoms with Crippen molar-refractivity contribution in [1.82, 2.24) is 10.3 Å². The first-order chi connectivity index (χ1) is 9.94. The predicted molar refractivity (Wildman–Crippen MR) is 87.6 cm³/mol. The lowest BCUT2D eigenvalue weighted by molar-refractivity contribution is 0.0916. The number of carbonyl (C=O) groups excluding carboxylic acids is 1. The molecular formula is C15H17N3OS2. The molecule has 6 heteroatoms. The molecule has 2 aromatic heterocycles. The van der Waals surface area contributed by atoms with Gasteiger partial charge in [0.05, 0.1) is 21.8 Å². The Bertz CT molecular complexity index is 690. The molecule has 0 radical (unpaired) electrons. The van der Waals surface area contributed by atoms with Crippen LogP contribution in [0.1, 0.15) is 39.0 Å². The van der Waals surface area contributed by atoms with Gasteiger partial charge in [0.25, 0.3) is 5.91 Å². The lowest BCUT2D eigenvalue weighted by Crippen LogP contribution is -2.40. The normalized spacial score (nSPS) is 10.9. The largest absolute Gasteiger partial charge is 0.340 e. The average molecular weight is 319 g/mol. The first-order valence-corrected chi connectivity index (χ1v) is 8.15. The molecule has 0 aliphatic rings. The molecule has 110 valence electrons. The second-order valence-electron chi connectivity index (χ2n) is 5.05. The van der Waals surface area contributed by atoms with Gasteiger partial charge in [0.2, 0.25) is 0 Å². The molecule has 0 saturated carbocycles. The molecule has 0 unspecified atom stereocenters. The number of nitrogens with one attached hydrogen (secondary N) is 1. The Morgan fingerprint density at radius 3 is 2.90 bits per heavy atom. The van der Waals surface area contributed by atoms with Crippen molar-refractivity contribution >= 4 is 28.6 Å². The molecule has 0 saturated heterocycles. The van der Waals surface area contributed by atoms with E-state index < -0.39 is 5.54 Å². The van der Waals surface area contributed by atoms with Crippen LogP contribution in [0, 0.1) is 18.8 Å². The van der Waals surface area contributed by atoms with Crippen molar-refractivity contribution in [2.24, 2.45) is 5.73 Å². The molecule has 0 fully saturated rings. The summed E-state index contributed by atoms with van der Waals surface area (Å²) in [5, 5.41) is 5.80. The first-order valence-electron chi connectivity index (χ1n) is 6.46. The molecule has 0 spiro atoms. The summed E-state index contributed by atoms with van der Waals surface area (Å²) in [6.45, 7) is 6.15. The van der Waals surface area contributed by atoms with E-state index in [1.807, 2.05) is 32.2 Å². The number of thiazole rings is 1. The van der Waals surface area contributed by atoms with Crippen molar-refractivity contribution in [3.05, 3.63) is 38.0 Å². The van der Waals surface area contributed by atoms with Crippen LogP contribution < -0.4 is 11.1 Å². The second-order valence-corrected chi connectivity index (χ2v) is 6.99. The highest BCUT2D eigenvalue weighted by Crippen LogP contribution is 2.25. The van der Waals surface area contributed by atoms with E-state index in [4.69, 9.17) is 5.73 Å². The number of rotatable bonds is 3. The Kier molecular flexibility index (Phi) is 4.78. The summed E-state index contributed by atoms with van der Waals surface area (Å²) in [5.74, 6) is 5.70. The Morgan fingerprint density at radius 2 is 2.29 bits per heavy atom. The standard InChI is InChI=1S/C15H17N3OS2/c1-10-9-12(21-11(10)5-4-6-16)13(19)18-15(2,3)14-17-7-8-20-14/h7-9H,6,16H2,1-3H3,(H,18,19). The van der Waals surface area contributed by atoms with Crippen LogP contribution in [0.4, 0.5) is 0 Å². The van der Waals surface area contributed by atoms with Gasteiger partial charge in [-0.05, 0) is 32.4 Å². The average Bonchev–Trinajstić information content (AvgIpc) is 3.05. The number of thiophene rings is 1. The molecule has 3 N–H and O–H groups in total. The van der Waals surface area contributed by atoms with Crippen LogP contribution >= 0.6 is 22.7 Å². The van der Waals surface area contributed by atoms with E-state index in [9.17, 15) is 4.79 Å². The van der Waals surface area contributed by atoms with E-state index >= 15 is 0 Å². The Morgan fingerprint density at radius 1 is 1.52 bits per heavy atom. The Balaban J connectivity index is 2.18. The monoisotopic (exact) mass is 319 g/mol. The van der Waals surface area contributed by atoms with E-state index in [1.165, 1.54) is 22.7 Å². The van der Waals surface area contributed by atoms with Crippen LogP contribution in [0.2, 0.25) is 0 Å². The number of aryl methyl sites for hydroxylation is 1. The van der Waals surface area contributed by atoms with E-state index in [0.29, 0.717) is 11.4 Å². The summed E-state index contributed by atoms with van der Waals surface area (Å²) < 4.78 is 0. The van der Waals surface area contributed by atoms with E-state index in [2.05, 4.69) is 22.1 Å². The number of nitrogens with zero attached hydrogens (tertiary/aromatic N) is 1. The number of nitrogens with two attached hydrogens (primary N) is 1. The van der Waals surface area contributed by atoms with E-state index in [1.54, 1.807) is 6.20 Å². The van der Waals surface area contributed by atoms with Crippen LogP contribution in [0.15, 0.2) is 17.6 Å². The molecule has 0 atom stereocenters. The summed E-state index contributed by atoms with van der Waals surface area (Å²) >= 11 is 2.92. The van der Waals surface area contributed by atoms with Gasteiger partial charge in [0, 0.05) is 11.6 Å². The zero-order valence-corrected chi connectivity index (χ0v) is 13.8. The summed E-state index contributed by atoms with van der Waals surface area (Å²) in [7, 11) is 0. The first kappa shape index (κ1) is 15.7. The lowest BCUT2D eigenvalue weighted by Gasteiger charge is -2.23. The fourth-order valence-corrected chi connectivity index (χ4v) is 3.44. The van der Waals surface area contributed by atoms with Gasteiger partial charge in [0.1, 0.15) is 5.01 Å². The minimum absolute atomic E-state index is 0.107. The number of aromatic nitrogens is 1. The molecule has 0 aliphatic carbocycles. The van der Waals surface area contributed by atoms with Crippen molar-refractivity contribution in [2.75, 3.05) is 6.54 Å². The van der Waals surface area contributed by atoms with E-state index in [-0.39, 0.29) is 5.91 Å². The number of carbonyl (C=O) groups is 1. The maximum Gasteiger partial charge on any atom is 0.262 e.